The smallest absolute Gasteiger partial charge is 0.171 e. The van der Waals surface area contributed by atoms with Crippen molar-refractivity contribution in [3.8, 4) is 5.75 Å². The van der Waals surface area contributed by atoms with Gasteiger partial charge >= 0.3 is 0 Å². The average Bonchev–Trinajstić information content (AvgIpc) is 2.70. The van der Waals surface area contributed by atoms with Crippen molar-refractivity contribution in [2.75, 3.05) is 5.32 Å². The van der Waals surface area contributed by atoms with Crippen LogP contribution in [-0.4, -0.2) is 10.1 Å². The molecule has 3 rings (SSSR count). The van der Waals surface area contributed by atoms with Crippen molar-refractivity contribution in [2.45, 2.75) is 26.5 Å². The van der Waals surface area contributed by atoms with Crippen LogP contribution in [0, 0.1) is 12.7 Å². The number of rotatable bonds is 6. The molecule has 0 saturated heterocycles. The van der Waals surface area contributed by atoms with Crippen LogP contribution in [0.25, 0.3) is 0 Å². The van der Waals surface area contributed by atoms with Crippen molar-refractivity contribution in [1.29, 1.82) is 0 Å². The summed E-state index contributed by atoms with van der Waals surface area (Å²) in [6.45, 7) is 4.21. The fourth-order valence-electron chi connectivity index (χ4n) is 2.62. The molecule has 2 aromatic carbocycles. The van der Waals surface area contributed by atoms with Gasteiger partial charge < -0.3 is 15.4 Å². The molecule has 0 aliphatic carbocycles. The molecule has 0 aliphatic heterocycles. The molecule has 0 amide bonds. The highest BCUT2D eigenvalue weighted by Crippen LogP contribution is 2.19. The molecule has 3 aromatic rings. The summed E-state index contributed by atoms with van der Waals surface area (Å²) in [6.07, 6.45) is 3.52. The Morgan fingerprint density at radius 1 is 1.18 bits per heavy atom. The molecule has 1 aromatic heterocycles. The second-order valence-corrected chi connectivity index (χ2v) is 6.91. The van der Waals surface area contributed by atoms with E-state index < -0.39 is 0 Å². The number of nitrogens with one attached hydrogen (secondary N) is 2. The van der Waals surface area contributed by atoms with Gasteiger partial charge in [0.2, 0.25) is 0 Å². The summed E-state index contributed by atoms with van der Waals surface area (Å²) >= 11 is 5.33. The lowest BCUT2D eigenvalue weighted by Crippen LogP contribution is -2.30. The van der Waals surface area contributed by atoms with Gasteiger partial charge in [0, 0.05) is 23.6 Å². The summed E-state index contributed by atoms with van der Waals surface area (Å²) in [6, 6.07) is 16.6. The van der Waals surface area contributed by atoms with Crippen molar-refractivity contribution in [3.63, 3.8) is 0 Å². The maximum absolute atomic E-state index is 13.6. The number of nitrogens with zero attached hydrogens (tertiary/aromatic N) is 1. The summed E-state index contributed by atoms with van der Waals surface area (Å²) in [4.78, 5) is 4.07. The lowest BCUT2D eigenvalue weighted by molar-refractivity contribution is 0.305. The van der Waals surface area contributed by atoms with Crippen molar-refractivity contribution in [1.82, 2.24) is 10.3 Å². The van der Waals surface area contributed by atoms with Gasteiger partial charge in [-0.25, -0.2) is 4.39 Å². The molecule has 0 aliphatic rings. The van der Waals surface area contributed by atoms with Crippen molar-refractivity contribution < 1.29 is 9.13 Å². The maximum Gasteiger partial charge on any atom is 0.171 e. The largest absolute Gasteiger partial charge is 0.489 e. The van der Waals surface area contributed by atoms with E-state index in [1.165, 1.54) is 6.07 Å². The second-order valence-electron chi connectivity index (χ2n) is 6.50. The van der Waals surface area contributed by atoms with Gasteiger partial charge in [0.1, 0.15) is 18.2 Å². The highest BCUT2D eigenvalue weighted by Gasteiger charge is 2.08. The Kier molecular flexibility index (Phi) is 6.55. The quantitative estimate of drug-likeness (QED) is 0.565. The van der Waals surface area contributed by atoms with Gasteiger partial charge in [-0.1, -0.05) is 24.3 Å². The minimum absolute atomic E-state index is 0.0114. The van der Waals surface area contributed by atoms with Crippen LogP contribution >= 0.6 is 12.2 Å². The average molecular weight is 396 g/mol. The SMILES string of the molecule is Cc1ccc(NC(=S)NC(C)c2ccc(OCc3cccnc3)cc2)cc1F. The third-order valence-electron chi connectivity index (χ3n) is 4.29. The molecule has 0 fully saturated rings. The number of hydrogen-bond donors (Lipinski definition) is 2. The first-order valence-corrected chi connectivity index (χ1v) is 9.37. The molecule has 1 heterocycles. The van der Waals surface area contributed by atoms with E-state index in [1.807, 2.05) is 43.3 Å². The minimum Gasteiger partial charge on any atom is -0.489 e. The van der Waals surface area contributed by atoms with Gasteiger partial charge in [0.25, 0.3) is 0 Å². The third-order valence-corrected chi connectivity index (χ3v) is 4.51. The predicted octanol–water partition coefficient (Wildman–Crippen LogP) is 5.16. The number of aryl methyl sites for hydroxylation is 1. The number of thiocarbonyl (C=S) groups is 1. The van der Waals surface area contributed by atoms with E-state index in [0.717, 1.165) is 16.9 Å². The Bertz CT molecular complexity index is 932. The van der Waals surface area contributed by atoms with Gasteiger partial charge in [0.15, 0.2) is 5.11 Å². The van der Waals surface area contributed by atoms with Crippen LogP contribution in [0.4, 0.5) is 10.1 Å². The van der Waals surface area contributed by atoms with E-state index in [1.54, 1.807) is 31.5 Å². The zero-order chi connectivity index (χ0) is 19.9. The fraction of sp³-hybridized carbons (Fsp3) is 0.182. The van der Waals surface area contributed by atoms with Crippen LogP contribution in [0.1, 0.15) is 29.7 Å². The minimum atomic E-state index is -0.261. The Labute approximate surface area is 169 Å². The maximum atomic E-state index is 13.6. The van der Waals surface area contributed by atoms with Crippen LogP contribution in [-0.2, 0) is 6.61 Å². The number of aromatic nitrogens is 1. The van der Waals surface area contributed by atoms with Gasteiger partial charge in [-0.05, 0) is 67.5 Å². The first-order valence-electron chi connectivity index (χ1n) is 8.96. The van der Waals surface area contributed by atoms with E-state index in [0.29, 0.717) is 23.0 Å². The fourth-order valence-corrected chi connectivity index (χ4v) is 2.92. The topological polar surface area (TPSA) is 46.2 Å². The molecule has 0 saturated carbocycles. The monoisotopic (exact) mass is 395 g/mol. The van der Waals surface area contributed by atoms with Crippen LogP contribution in [0.5, 0.6) is 5.75 Å². The van der Waals surface area contributed by atoms with Crippen molar-refractivity contribution in [2.24, 2.45) is 0 Å². The highest BCUT2D eigenvalue weighted by atomic mass is 32.1. The van der Waals surface area contributed by atoms with Crippen LogP contribution < -0.4 is 15.4 Å². The van der Waals surface area contributed by atoms with Crippen LogP contribution in [0.3, 0.4) is 0 Å². The van der Waals surface area contributed by atoms with Gasteiger partial charge in [-0.15, -0.1) is 0 Å². The van der Waals surface area contributed by atoms with E-state index in [4.69, 9.17) is 17.0 Å². The summed E-state index contributed by atoms with van der Waals surface area (Å²) in [5.41, 5.74) is 3.30. The van der Waals surface area contributed by atoms with E-state index >= 15 is 0 Å². The molecule has 0 spiro atoms. The zero-order valence-corrected chi connectivity index (χ0v) is 16.6. The number of benzene rings is 2. The molecule has 6 heteroatoms. The van der Waals surface area contributed by atoms with E-state index in [-0.39, 0.29) is 11.9 Å². The number of hydrogen-bond acceptors (Lipinski definition) is 3. The Morgan fingerprint density at radius 2 is 1.96 bits per heavy atom. The first kappa shape index (κ1) is 19.8. The third kappa shape index (κ3) is 5.50. The molecule has 0 bridgehead atoms. The molecule has 28 heavy (non-hydrogen) atoms. The lowest BCUT2D eigenvalue weighted by Gasteiger charge is -2.18. The normalized spacial score (nSPS) is 11.5. The van der Waals surface area contributed by atoms with Crippen molar-refractivity contribution >= 4 is 23.0 Å². The lowest BCUT2D eigenvalue weighted by atomic mass is 10.1. The molecular formula is C22H22FN3OS. The van der Waals surface area contributed by atoms with Gasteiger partial charge in [-0.3, -0.25) is 4.98 Å². The molecular weight excluding hydrogens is 373 g/mol. The number of anilines is 1. The Morgan fingerprint density at radius 3 is 2.64 bits per heavy atom. The van der Waals surface area contributed by atoms with Gasteiger partial charge in [-0.2, -0.15) is 0 Å². The summed E-state index contributed by atoms with van der Waals surface area (Å²) in [5.74, 6) is 0.526. The Balaban J connectivity index is 1.52. The number of ether oxygens (including phenoxy) is 1. The summed E-state index contributed by atoms with van der Waals surface area (Å²) < 4.78 is 19.4. The number of pyridine rings is 1. The second kappa shape index (κ2) is 9.28. The van der Waals surface area contributed by atoms with E-state index in [2.05, 4.69) is 15.6 Å². The molecule has 1 atom stereocenters. The molecule has 4 nitrogen and oxygen atoms in total. The molecule has 0 radical (unpaired) electrons. The van der Waals surface area contributed by atoms with E-state index in [9.17, 15) is 4.39 Å². The predicted molar refractivity (Wildman–Crippen MR) is 114 cm³/mol. The Hall–Kier alpha value is -2.99. The highest BCUT2D eigenvalue weighted by molar-refractivity contribution is 7.80. The summed E-state index contributed by atoms with van der Waals surface area (Å²) in [5, 5.41) is 6.65. The van der Waals surface area contributed by atoms with Crippen LogP contribution in [0.15, 0.2) is 67.0 Å². The van der Waals surface area contributed by atoms with Gasteiger partial charge in [0.05, 0.1) is 6.04 Å². The molecule has 144 valence electrons. The number of halogens is 1. The summed E-state index contributed by atoms with van der Waals surface area (Å²) in [7, 11) is 0. The molecule has 2 N–H and O–H groups in total. The van der Waals surface area contributed by atoms with Crippen molar-refractivity contribution in [3.05, 3.63) is 89.5 Å². The standard InChI is InChI=1S/C22H22FN3OS/c1-15-5-8-19(12-21(15)23)26-22(28)25-16(2)18-6-9-20(10-7-18)27-14-17-4-3-11-24-13-17/h3-13,16H,14H2,1-2H3,(H2,25,26,28). The first-order chi connectivity index (χ1) is 13.5. The van der Waals surface area contributed by atoms with Crippen LogP contribution in [0.2, 0.25) is 0 Å². The zero-order valence-electron chi connectivity index (χ0n) is 15.8. The molecule has 1 unspecified atom stereocenters.